The number of nitrogens with zero attached hydrogens (tertiary/aromatic N) is 4. The summed E-state index contributed by atoms with van der Waals surface area (Å²) in [6, 6.07) is 75.8. The molecule has 0 aliphatic rings. The van der Waals surface area contributed by atoms with Gasteiger partial charge in [-0.25, -0.2) is 19.9 Å². The van der Waals surface area contributed by atoms with Crippen LogP contribution < -0.4 is 0 Å². The molecule has 9 aromatic carbocycles. The van der Waals surface area contributed by atoms with E-state index in [9.17, 15) is 0 Å². The first-order valence-corrected chi connectivity index (χ1v) is 21.1. The van der Waals surface area contributed by atoms with Gasteiger partial charge >= 0.3 is 0 Å². The molecule has 0 aliphatic heterocycles. The lowest BCUT2D eigenvalue weighted by Crippen LogP contribution is -2.01. The maximum Gasteiger partial charge on any atom is 0.164 e. The fourth-order valence-electron chi connectivity index (χ4n) is 8.87. The minimum absolute atomic E-state index is 0.563. The molecule has 0 N–H and O–H groups in total. The number of aromatic nitrogens is 4. The lowest BCUT2D eigenvalue weighted by Gasteiger charge is -2.15. The average molecular weight is 805 g/mol. The molecule has 0 amide bonds. The van der Waals surface area contributed by atoms with Crippen LogP contribution in [0, 0.1) is 0 Å². The van der Waals surface area contributed by atoms with Gasteiger partial charge in [-0.15, -0.1) is 0 Å². The molecule has 0 atom stereocenters. The van der Waals surface area contributed by atoms with Crippen molar-refractivity contribution in [2.45, 2.75) is 0 Å². The second-order valence-electron chi connectivity index (χ2n) is 15.8. The SMILES string of the molecule is c1ccc(-c2ccc(-c3nc(-c4ccccc4)nc(-c4cc(-c5cc(-c6ccccc6)c6c(ccc7ccccc76)n5)cc(-c5cccc6oc7ccccc7c56)c4)n3)cc2)cc1. The number of pyridine rings is 1. The Bertz CT molecular complexity index is 3660. The van der Waals surface area contributed by atoms with Gasteiger partial charge in [0, 0.05) is 38.4 Å². The first kappa shape index (κ1) is 36.3. The molecule has 0 aliphatic carbocycles. The van der Waals surface area contributed by atoms with Crippen LogP contribution >= 0.6 is 0 Å². The molecule has 0 spiro atoms. The monoisotopic (exact) mass is 804 g/mol. The number of benzene rings is 9. The predicted octanol–water partition coefficient (Wildman–Crippen LogP) is 15.1. The highest BCUT2D eigenvalue weighted by atomic mass is 16.3. The summed E-state index contributed by atoms with van der Waals surface area (Å²) in [4.78, 5) is 21.0. The van der Waals surface area contributed by atoms with Crippen LogP contribution in [-0.4, -0.2) is 19.9 Å². The van der Waals surface area contributed by atoms with Crippen molar-refractivity contribution in [1.29, 1.82) is 0 Å². The van der Waals surface area contributed by atoms with Crippen molar-refractivity contribution in [3.63, 3.8) is 0 Å². The minimum Gasteiger partial charge on any atom is -0.456 e. The van der Waals surface area contributed by atoms with Crippen LogP contribution in [0.2, 0.25) is 0 Å². The Hall–Kier alpha value is -8.54. The number of rotatable bonds is 7. The van der Waals surface area contributed by atoms with E-state index in [0.29, 0.717) is 17.5 Å². The molecule has 294 valence electrons. The molecule has 0 fully saturated rings. The molecular formula is C58H36N4O. The Morgan fingerprint density at radius 3 is 1.57 bits per heavy atom. The van der Waals surface area contributed by atoms with Crippen LogP contribution in [0.15, 0.2) is 223 Å². The molecule has 0 radical (unpaired) electrons. The van der Waals surface area contributed by atoms with Gasteiger partial charge in [-0.1, -0.05) is 176 Å². The zero-order valence-corrected chi connectivity index (χ0v) is 34.0. The highest BCUT2D eigenvalue weighted by Gasteiger charge is 2.20. The van der Waals surface area contributed by atoms with Crippen molar-refractivity contribution in [1.82, 2.24) is 19.9 Å². The molecule has 0 unspecified atom stereocenters. The fourth-order valence-corrected chi connectivity index (χ4v) is 8.87. The second kappa shape index (κ2) is 15.2. The summed E-state index contributed by atoms with van der Waals surface area (Å²) in [7, 11) is 0. The maximum absolute atomic E-state index is 6.41. The standard InChI is InChI=1S/C58H36N4O/c1-4-15-37(16-5-1)38-27-29-42(30-28-38)57-60-56(41-20-8-3-9-21-41)61-58(62-57)45-34-43(47-24-14-26-53-55(47)48-23-12-13-25-52(48)63-53)33-44(35-45)51-36-49(39-17-6-2-7-18-39)54-46-22-11-10-19-40(46)31-32-50(54)59-51/h1-36H. The molecule has 5 nitrogen and oxygen atoms in total. The average Bonchev–Trinajstić information content (AvgIpc) is 3.76. The maximum atomic E-state index is 6.41. The van der Waals surface area contributed by atoms with Crippen molar-refractivity contribution in [3.05, 3.63) is 218 Å². The van der Waals surface area contributed by atoms with E-state index in [1.165, 1.54) is 10.8 Å². The number of hydrogen-bond donors (Lipinski definition) is 0. The number of furan rings is 1. The summed E-state index contributed by atoms with van der Waals surface area (Å²) < 4.78 is 6.41. The van der Waals surface area contributed by atoms with E-state index >= 15 is 0 Å². The molecular weight excluding hydrogens is 769 g/mol. The smallest absolute Gasteiger partial charge is 0.164 e. The molecule has 0 saturated heterocycles. The molecule has 5 heteroatoms. The van der Waals surface area contributed by atoms with Gasteiger partial charge in [-0.05, 0) is 86.6 Å². The number of fused-ring (bicyclic) bond motifs is 6. The van der Waals surface area contributed by atoms with E-state index in [1.807, 2.05) is 54.6 Å². The lowest BCUT2D eigenvalue weighted by molar-refractivity contribution is 0.669. The molecule has 3 heterocycles. The Balaban J connectivity index is 1.11. The molecule has 63 heavy (non-hydrogen) atoms. The summed E-state index contributed by atoms with van der Waals surface area (Å²) in [6.07, 6.45) is 0. The van der Waals surface area contributed by atoms with E-state index in [0.717, 1.165) is 94.2 Å². The Labute approximate surface area is 363 Å². The Morgan fingerprint density at radius 2 is 0.825 bits per heavy atom. The van der Waals surface area contributed by atoms with Gasteiger partial charge in [-0.3, -0.25) is 0 Å². The van der Waals surface area contributed by atoms with Crippen LogP contribution in [0.4, 0.5) is 0 Å². The second-order valence-corrected chi connectivity index (χ2v) is 15.8. The van der Waals surface area contributed by atoms with Gasteiger partial charge in [0.1, 0.15) is 11.2 Å². The van der Waals surface area contributed by atoms with Crippen LogP contribution in [-0.2, 0) is 0 Å². The first-order valence-electron chi connectivity index (χ1n) is 21.1. The van der Waals surface area contributed by atoms with Crippen molar-refractivity contribution in [2.75, 3.05) is 0 Å². The quantitative estimate of drug-likeness (QED) is 0.150. The highest BCUT2D eigenvalue weighted by molar-refractivity contribution is 6.15. The molecule has 3 aromatic heterocycles. The van der Waals surface area contributed by atoms with Crippen molar-refractivity contribution in [3.8, 4) is 78.8 Å². The van der Waals surface area contributed by atoms with Crippen LogP contribution in [0.3, 0.4) is 0 Å². The Morgan fingerprint density at radius 1 is 0.286 bits per heavy atom. The normalized spacial score (nSPS) is 11.5. The zero-order valence-electron chi connectivity index (χ0n) is 34.0. The third-order valence-corrected chi connectivity index (χ3v) is 11.9. The number of hydrogen-bond acceptors (Lipinski definition) is 5. The van der Waals surface area contributed by atoms with Gasteiger partial charge in [0.05, 0.1) is 11.2 Å². The van der Waals surface area contributed by atoms with Gasteiger partial charge in [0.2, 0.25) is 0 Å². The van der Waals surface area contributed by atoms with E-state index in [-0.39, 0.29) is 0 Å². The summed E-state index contributed by atoms with van der Waals surface area (Å²) in [5, 5.41) is 5.59. The molecule has 0 bridgehead atoms. The highest BCUT2D eigenvalue weighted by Crippen LogP contribution is 2.42. The van der Waals surface area contributed by atoms with E-state index < -0.39 is 0 Å². The number of para-hydroxylation sites is 1. The van der Waals surface area contributed by atoms with Crippen molar-refractivity contribution < 1.29 is 4.42 Å². The summed E-state index contributed by atoms with van der Waals surface area (Å²) in [5.74, 6) is 1.75. The third kappa shape index (κ3) is 6.60. The minimum atomic E-state index is 0.563. The van der Waals surface area contributed by atoms with Gasteiger partial charge < -0.3 is 4.42 Å². The van der Waals surface area contributed by atoms with Crippen LogP contribution in [0.25, 0.3) is 122 Å². The summed E-state index contributed by atoms with van der Waals surface area (Å²) >= 11 is 0. The third-order valence-electron chi connectivity index (χ3n) is 11.9. The van der Waals surface area contributed by atoms with E-state index in [4.69, 9.17) is 24.4 Å². The van der Waals surface area contributed by atoms with Crippen LogP contribution in [0.1, 0.15) is 0 Å². The van der Waals surface area contributed by atoms with E-state index in [2.05, 4.69) is 164 Å². The summed E-state index contributed by atoms with van der Waals surface area (Å²) in [6.45, 7) is 0. The largest absolute Gasteiger partial charge is 0.456 e. The topological polar surface area (TPSA) is 64.7 Å². The van der Waals surface area contributed by atoms with Crippen molar-refractivity contribution >= 4 is 43.6 Å². The molecule has 12 aromatic rings. The predicted molar refractivity (Wildman–Crippen MR) is 258 cm³/mol. The molecule has 12 rings (SSSR count). The van der Waals surface area contributed by atoms with Gasteiger partial charge in [0.15, 0.2) is 17.5 Å². The first-order chi connectivity index (χ1) is 31.2. The summed E-state index contributed by atoms with van der Waals surface area (Å²) in [5.41, 5.74) is 13.6. The van der Waals surface area contributed by atoms with Gasteiger partial charge in [0.25, 0.3) is 0 Å². The van der Waals surface area contributed by atoms with Crippen molar-refractivity contribution in [2.24, 2.45) is 0 Å². The molecule has 0 saturated carbocycles. The Kier molecular flexibility index (Phi) is 8.75. The zero-order chi connectivity index (χ0) is 41.7. The van der Waals surface area contributed by atoms with E-state index in [1.54, 1.807) is 0 Å². The fraction of sp³-hybridized carbons (Fsp3) is 0. The lowest BCUT2D eigenvalue weighted by atomic mass is 9.92. The van der Waals surface area contributed by atoms with Crippen LogP contribution in [0.5, 0.6) is 0 Å². The van der Waals surface area contributed by atoms with Gasteiger partial charge in [-0.2, -0.15) is 0 Å².